The molecule has 1 aromatic heterocycles. The Kier molecular flexibility index (Phi) is 5.60. The zero-order chi connectivity index (χ0) is 22.1. The Morgan fingerprint density at radius 1 is 1.19 bits per heavy atom. The maximum Gasteiger partial charge on any atom is 0.286 e. The zero-order valence-corrected chi connectivity index (χ0v) is 16.8. The minimum Gasteiger partial charge on any atom is -0.490 e. The van der Waals surface area contributed by atoms with Gasteiger partial charge in [0, 0.05) is 24.7 Å². The number of primary amides is 1. The molecule has 2 heterocycles. The lowest BCUT2D eigenvalue weighted by molar-refractivity contribution is 0.0977. The van der Waals surface area contributed by atoms with Gasteiger partial charge in [0.15, 0.2) is 11.4 Å². The molecule has 0 saturated carbocycles. The molecule has 0 radical (unpaired) electrons. The van der Waals surface area contributed by atoms with E-state index in [1.807, 2.05) is 0 Å². The summed E-state index contributed by atoms with van der Waals surface area (Å²) in [6.07, 6.45) is 1.82. The first-order valence-corrected chi connectivity index (χ1v) is 9.80. The molecule has 3 aromatic rings. The number of nitrogens with two attached hydrogens (primary N) is 1. The van der Waals surface area contributed by atoms with Crippen LogP contribution in [-0.2, 0) is 0 Å². The highest BCUT2D eigenvalue weighted by Gasteiger charge is 2.24. The maximum atomic E-state index is 14.0. The highest BCUT2D eigenvalue weighted by Crippen LogP contribution is 2.33. The summed E-state index contributed by atoms with van der Waals surface area (Å²) in [7, 11) is 2.05. The first kappa shape index (κ1) is 20.8. The Balaban J connectivity index is 1.59. The Labute approximate surface area is 176 Å². The number of benzene rings is 2. The fourth-order valence-corrected chi connectivity index (χ4v) is 3.61. The predicted octanol–water partition coefficient (Wildman–Crippen LogP) is 3.54. The standard InChI is InChI=1S/C22H21F2N3O4/c1-27-7-5-14(6-8-27)30-15-4-2-3-12(9-15)22(29)26-18-16-10-13(23)11-17(24)19(16)31-20(18)21(25)28/h2-4,9-11,14H,5-8H2,1H3,(H2,25,28)(H,26,29). The number of anilines is 1. The smallest absolute Gasteiger partial charge is 0.286 e. The quantitative estimate of drug-likeness (QED) is 0.647. The summed E-state index contributed by atoms with van der Waals surface area (Å²) in [6, 6.07) is 8.13. The van der Waals surface area contributed by atoms with Gasteiger partial charge in [-0.15, -0.1) is 0 Å². The number of furan rings is 1. The number of carbonyl (C=O) groups is 2. The molecule has 1 aliphatic heterocycles. The summed E-state index contributed by atoms with van der Waals surface area (Å²) in [5.41, 5.74) is 4.98. The highest BCUT2D eigenvalue weighted by molar-refractivity contribution is 6.14. The van der Waals surface area contributed by atoms with Crippen molar-refractivity contribution in [1.29, 1.82) is 0 Å². The summed E-state index contributed by atoms with van der Waals surface area (Å²) < 4.78 is 38.9. The number of fused-ring (bicyclic) bond motifs is 1. The number of amides is 2. The molecule has 1 fully saturated rings. The lowest BCUT2D eigenvalue weighted by Crippen LogP contribution is -2.35. The van der Waals surface area contributed by atoms with Crippen LogP contribution in [0, 0.1) is 11.6 Å². The molecular weight excluding hydrogens is 408 g/mol. The van der Waals surface area contributed by atoms with Crippen molar-refractivity contribution in [3.63, 3.8) is 0 Å². The Morgan fingerprint density at radius 3 is 2.65 bits per heavy atom. The normalized spacial score (nSPS) is 15.2. The zero-order valence-electron chi connectivity index (χ0n) is 16.8. The molecule has 4 rings (SSSR count). The van der Waals surface area contributed by atoms with Crippen molar-refractivity contribution >= 4 is 28.5 Å². The number of hydrogen-bond donors (Lipinski definition) is 2. The van der Waals surface area contributed by atoms with Crippen molar-refractivity contribution in [3.8, 4) is 5.75 Å². The minimum absolute atomic E-state index is 0.0553. The van der Waals surface area contributed by atoms with Gasteiger partial charge in [-0.3, -0.25) is 9.59 Å². The fourth-order valence-electron chi connectivity index (χ4n) is 3.61. The third kappa shape index (κ3) is 4.36. The monoisotopic (exact) mass is 429 g/mol. The molecule has 0 bridgehead atoms. The SMILES string of the molecule is CN1CCC(Oc2cccc(C(=O)Nc3c(C(N)=O)oc4c(F)cc(F)cc34)c2)CC1. The van der Waals surface area contributed by atoms with Gasteiger partial charge in [0.25, 0.3) is 11.8 Å². The van der Waals surface area contributed by atoms with Crippen molar-refractivity contribution in [2.24, 2.45) is 5.73 Å². The lowest BCUT2D eigenvalue weighted by atomic mass is 10.1. The van der Waals surface area contributed by atoms with Gasteiger partial charge in [-0.1, -0.05) is 6.07 Å². The van der Waals surface area contributed by atoms with Gasteiger partial charge >= 0.3 is 0 Å². The number of nitrogens with zero attached hydrogens (tertiary/aromatic N) is 1. The predicted molar refractivity (Wildman–Crippen MR) is 110 cm³/mol. The average molecular weight is 429 g/mol. The number of piperidine rings is 1. The van der Waals surface area contributed by atoms with Gasteiger partial charge in [0.1, 0.15) is 23.4 Å². The van der Waals surface area contributed by atoms with Crippen LogP contribution >= 0.6 is 0 Å². The van der Waals surface area contributed by atoms with Crippen LogP contribution in [0.4, 0.5) is 14.5 Å². The Morgan fingerprint density at radius 2 is 1.94 bits per heavy atom. The topological polar surface area (TPSA) is 97.8 Å². The van der Waals surface area contributed by atoms with Crippen molar-refractivity contribution in [2.45, 2.75) is 18.9 Å². The Hall–Kier alpha value is -3.46. The van der Waals surface area contributed by atoms with Gasteiger partial charge in [-0.25, -0.2) is 8.78 Å². The third-order valence-corrected chi connectivity index (χ3v) is 5.24. The molecule has 3 N–H and O–H groups in total. The molecule has 0 aliphatic carbocycles. The molecule has 0 atom stereocenters. The summed E-state index contributed by atoms with van der Waals surface area (Å²) >= 11 is 0. The van der Waals surface area contributed by atoms with E-state index in [1.165, 1.54) is 0 Å². The van der Waals surface area contributed by atoms with E-state index in [1.54, 1.807) is 24.3 Å². The third-order valence-electron chi connectivity index (χ3n) is 5.24. The molecule has 1 aliphatic rings. The molecule has 7 nitrogen and oxygen atoms in total. The van der Waals surface area contributed by atoms with Crippen LogP contribution in [-0.4, -0.2) is 43.0 Å². The number of nitrogens with one attached hydrogen (secondary N) is 1. The molecule has 0 unspecified atom stereocenters. The summed E-state index contributed by atoms with van der Waals surface area (Å²) in [5, 5.41) is 2.39. The van der Waals surface area contributed by atoms with Crippen LogP contribution in [0.2, 0.25) is 0 Å². The number of rotatable bonds is 5. The largest absolute Gasteiger partial charge is 0.490 e. The second-order valence-corrected chi connectivity index (χ2v) is 7.54. The van der Waals surface area contributed by atoms with Gasteiger partial charge in [-0.05, 0) is 44.2 Å². The Bertz CT molecular complexity index is 1150. The molecule has 162 valence electrons. The van der Waals surface area contributed by atoms with E-state index in [0.717, 1.165) is 32.0 Å². The first-order chi connectivity index (χ1) is 14.8. The number of hydrogen-bond acceptors (Lipinski definition) is 5. The fraction of sp³-hybridized carbons (Fsp3) is 0.273. The van der Waals surface area contributed by atoms with Gasteiger partial charge < -0.3 is 25.1 Å². The van der Waals surface area contributed by atoms with E-state index in [2.05, 4.69) is 17.3 Å². The van der Waals surface area contributed by atoms with Crippen molar-refractivity contribution in [2.75, 3.05) is 25.5 Å². The van der Waals surface area contributed by atoms with Crippen LogP contribution in [0.1, 0.15) is 33.8 Å². The van der Waals surface area contributed by atoms with Gasteiger partial charge in [0.2, 0.25) is 5.76 Å². The van der Waals surface area contributed by atoms with Crippen LogP contribution in [0.25, 0.3) is 11.0 Å². The highest BCUT2D eigenvalue weighted by atomic mass is 19.1. The minimum atomic E-state index is -1.02. The molecule has 0 spiro atoms. The van der Waals surface area contributed by atoms with Crippen molar-refractivity contribution < 1.29 is 27.5 Å². The second-order valence-electron chi connectivity index (χ2n) is 7.54. The summed E-state index contributed by atoms with van der Waals surface area (Å²) in [5.74, 6) is -3.45. The van der Waals surface area contributed by atoms with Crippen LogP contribution in [0.3, 0.4) is 0 Å². The number of likely N-dealkylation sites (tertiary alicyclic amines) is 1. The van der Waals surface area contributed by atoms with Gasteiger partial charge in [0.05, 0.1) is 5.39 Å². The molecule has 2 aromatic carbocycles. The van der Waals surface area contributed by atoms with E-state index >= 15 is 0 Å². The molecule has 2 amide bonds. The molecule has 1 saturated heterocycles. The second kappa shape index (κ2) is 8.35. The van der Waals surface area contributed by atoms with E-state index in [-0.39, 0.29) is 28.3 Å². The van der Waals surface area contributed by atoms with Crippen molar-refractivity contribution in [3.05, 3.63) is 59.4 Å². The number of ether oxygens (including phenoxy) is 1. The van der Waals surface area contributed by atoms with Crippen LogP contribution in [0.15, 0.2) is 40.8 Å². The van der Waals surface area contributed by atoms with Crippen LogP contribution < -0.4 is 15.8 Å². The van der Waals surface area contributed by atoms with Gasteiger partial charge in [-0.2, -0.15) is 0 Å². The molecular formula is C22H21F2N3O4. The lowest BCUT2D eigenvalue weighted by Gasteiger charge is -2.29. The van der Waals surface area contributed by atoms with Crippen LogP contribution in [0.5, 0.6) is 5.75 Å². The number of halogens is 2. The van der Waals surface area contributed by atoms with E-state index in [9.17, 15) is 18.4 Å². The average Bonchev–Trinajstić information content (AvgIpc) is 3.09. The van der Waals surface area contributed by atoms with E-state index in [4.69, 9.17) is 14.9 Å². The molecule has 31 heavy (non-hydrogen) atoms. The van der Waals surface area contributed by atoms with Crippen molar-refractivity contribution in [1.82, 2.24) is 4.90 Å². The van der Waals surface area contributed by atoms with E-state index in [0.29, 0.717) is 11.8 Å². The number of carbonyl (C=O) groups excluding carboxylic acids is 2. The molecule has 9 heteroatoms. The first-order valence-electron chi connectivity index (χ1n) is 9.80. The summed E-state index contributed by atoms with van der Waals surface area (Å²) in [4.78, 5) is 26.8. The van der Waals surface area contributed by atoms with E-state index < -0.39 is 29.2 Å². The maximum absolute atomic E-state index is 14.0. The summed E-state index contributed by atoms with van der Waals surface area (Å²) in [6.45, 7) is 1.86.